The van der Waals surface area contributed by atoms with Crippen LogP contribution in [0.2, 0.25) is 0 Å². The fraction of sp³-hybridized carbons (Fsp3) is 0.333. The van der Waals surface area contributed by atoms with Gasteiger partial charge in [-0.2, -0.15) is 0 Å². The zero-order valence-corrected chi connectivity index (χ0v) is 12.4. The number of hydrogen-bond acceptors (Lipinski definition) is 2. The van der Waals surface area contributed by atoms with Crippen molar-refractivity contribution in [2.75, 3.05) is 6.54 Å². The second kappa shape index (κ2) is 6.08. The van der Waals surface area contributed by atoms with Crippen molar-refractivity contribution in [2.45, 2.75) is 25.7 Å². The molecular formula is C18H20N2O. The molecule has 108 valence electrons. The first kappa shape index (κ1) is 13.8. The topological polar surface area (TPSA) is 34.4 Å². The van der Waals surface area contributed by atoms with Gasteiger partial charge in [-0.05, 0) is 37.3 Å². The molecule has 0 spiro atoms. The Balaban J connectivity index is 1.80. The van der Waals surface area contributed by atoms with Gasteiger partial charge in [-0.3, -0.25) is 9.79 Å². The van der Waals surface area contributed by atoms with Gasteiger partial charge in [-0.1, -0.05) is 30.3 Å². The SMILES string of the molecule is Cn1c2c(ccc1=O)C(=NCCc1ccccc1)CCC2. The highest BCUT2D eigenvalue weighted by atomic mass is 16.1. The summed E-state index contributed by atoms with van der Waals surface area (Å²) in [4.78, 5) is 16.5. The van der Waals surface area contributed by atoms with Crippen LogP contribution in [0.3, 0.4) is 0 Å². The third-order valence-corrected chi connectivity index (χ3v) is 4.12. The summed E-state index contributed by atoms with van der Waals surface area (Å²) in [5, 5.41) is 0. The average molecular weight is 280 g/mol. The Hall–Kier alpha value is -2.16. The van der Waals surface area contributed by atoms with Crippen LogP contribution in [-0.2, 0) is 19.9 Å². The van der Waals surface area contributed by atoms with E-state index in [-0.39, 0.29) is 5.56 Å². The van der Waals surface area contributed by atoms with Gasteiger partial charge in [0.05, 0.1) is 0 Å². The van der Waals surface area contributed by atoms with Crippen LogP contribution in [0.15, 0.2) is 52.3 Å². The van der Waals surface area contributed by atoms with Gasteiger partial charge < -0.3 is 4.57 Å². The Morgan fingerprint density at radius 2 is 1.90 bits per heavy atom. The smallest absolute Gasteiger partial charge is 0.250 e. The molecule has 3 nitrogen and oxygen atoms in total. The van der Waals surface area contributed by atoms with Crippen molar-refractivity contribution in [3.63, 3.8) is 0 Å². The number of hydrogen-bond donors (Lipinski definition) is 0. The van der Waals surface area contributed by atoms with E-state index in [1.807, 2.05) is 19.2 Å². The lowest BCUT2D eigenvalue weighted by Crippen LogP contribution is -2.25. The van der Waals surface area contributed by atoms with Crippen LogP contribution in [0.25, 0.3) is 0 Å². The molecule has 0 aliphatic heterocycles. The van der Waals surface area contributed by atoms with Crippen LogP contribution in [0, 0.1) is 0 Å². The Bertz CT molecular complexity index is 714. The van der Waals surface area contributed by atoms with E-state index in [2.05, 4.69) is 24.3 Å². The molecule has 1 aliphatic carbocycles. The highest BCUT2D eigenvalue weighted by molar-refractivity contribution is 6.02. The van der Waals surface area contributed by atoms with Gasteiger partial charge in [0.25, 0.3) is 0 Å². The van der Waals surface area contributed by atoms with Crippen molar-refractivity contribution in [1.82, 2.24) is 4.57 Å². The van der Waals surface area contributed by atoms with E-state index < -0.39 is 0 Å². The summed E-state index contributed by atoms with van der Waals surface area (Å²) in [7, 11) is 1.86. The van der Waals surface area contributed by atoms with E-state index in [9.17, 15) is 4.79 Å². The molecule has 0 atom stereocenters. The molecule has 1 aliphatic rings. The second-order valence-electron chi connectivity index (χ2n) is 5.51. The molecule has 1 aromatic carbocycles. The van der Waals surface area contributed by atoms with Crippen molar-refractivity contribution in [3.8, 4) is 0 Å². The maximum absolute atomic E-state index is 11.7. The monoisotopic (exact) mass is 280 g/mol. The average Bonchev–Trinajstić information content (AvgIpc) is 2.52. The molecule has 21 heavy (non-hydrogen) atoms. The Morgan fingerprint density at radius 1 is 1.10 bits per heavy atom. The predicted molar refractivity (Wildman–Crippen MR) is 86.2 cm³/mol. The first-order valence-corrected chi connectivity index (χ1v) is 7.52. The number of pyridine rings is 1. The zero-order valence-electron chi connectivity index (χ0n) is 12.4. The van der Waals surface area contributed by atoms with Gasteiger partial charge in [0, 0.05) is 36.6 Å². The third kappa shape index (κ3) is 2.97. The second-order valence-corrected chi connectivity index (χ2v) is 5.51. The quantitative estimate of drug-likeness (QED) is 0.851. The fourth-order valence-corrected chi connectivity index (χ4v) is 2.93. The Labute approximate surface area is 125 Å². The lowest BCUT2D eigenvalue weighted by atomic mass is 9.93. The van der Waals surface area contributed by atoms with Crippen LogP contribution >= 0.6 is 0 Å². The summed E-state index contributed by atoms with van der Waals surface area (Å²) in [5.74, 6) is 0. The van der Waals surface area contributed by atoms with E-state index >= 15 is 0 Å². The van der Waals surface area contributed by atoms with Gasteiger partial charge in [0.2, 0.25) is 5.56 Å². The fourth-order valence-electron chi connectivity index (χ4n) is 2.93. The molecule has 3 rings (SSSR count). The summed E-state index contributed by atoms with van der Waals surface area (Å²) in [5.41, 5.74) is 4.84. The number of fused-ring (bicyclic) bond motifs is 1. The molecule has 0 N–H and O–H groups in total. The van der Waals surface area contributed by atoms with Crippen molar-refractivity contribution in [2.24, 2.45) is 12.0 Å². The van der Waals surface area contributed by atoms with Crippen LogP contribution < -0.4 is 5.56 Å². The number of aliphatic imine (C=N–C) groups is 1. The van der Waals surface area contributed by atoms with Crippen LogP contribution in [0.1, 0.15) is 29.7 Å². The molecule has 1 heterocycles. The lowest BCUT2D eigenvalue weighted by Gasteiger charge is -2.20. The normalized spacial score (nSPS) is 16.0. The minimum Gasteiger partial charge on any atom is -0.315 e. The van der Waals surface area contributed by atoms with Gasteiger partial charge in [0.15, 0.2) is 0 Å². The summed E-state index contributed by atoms with van der Waals surface area (Å²) in [6.45, 7) is 0.807. The van der Waals surface area contributed by atoms with Crippen LogP contribution in [0.5, 0.6) is 0 Å². The minimum absolute atomic E-state index is 0.0688. The van der Waals surface area contributed by atoms with Crippen molar-refractivity contribution < 1.29 is 0 Å². The van der Waals surface area contributed by atoms with Gasteiger partial charge >= 0.3 is 0 Å². The van der Waals surface area contributed by atoms with Crippen molar-refractivity contribution in [3.05, 3.63) is 69.6 Å². The largest absolute Gasteiger partial charge is 0.315 e. The predicted octanol–water partition coefficient (Wildman–Crippen LogP) is 2.75. The van der Waals surface area contributed by atoms with Crippen molar-refractivity contribution >= 4 is 5.71 Å². The number of aromatic nitrogens is 1. The molecule has 1 aromatic heterocycles. The molecule has 2 aromatic rings. The molecule has 0 bridgehead atoms. The molecule has 0 radical (unpaired) electrons. The number of nitrogens with zero attached hydrogens (tertiary/aromatic N) is 2. The molecule has 0 saturated heterocycles. The van der Waals surface area contributed by atoms with E-state index in [0.29, 0.717) is 0 Å². The summed E-state index contributed by atoms with van der Waals surface area (Å²) < 4.78 is 1.77. The highest BCUT2D eigenvalue weighted by Crippen LogP contribution is 2.20. The molecule has 0 fully saturated rings. The molecule has 0 unspecified atom stereocenters. The number of rotatable bonds is 3. The van der Waals surface area contributed by atoms with Gasteiger partial charge in [0.1, 0.15) is 0 Å². The summed E-state index contributed by atoms with van der Waals surface area (Å²) in [6.07, 6.45) is 4.03. The van der Waals surface area contributed by atoms with Crippen LogP contribution in [-0.4, -0.2) is 16.8 Å². The number of benzene rings is 1. The molecule has 0 saturated carbocycles. The molecule has 3 heteroatoms. The first-order chi connectivity index (χ1) is 10.3. The van der Waals surface area contributed by atoms with Crippen molar-refractivity contribution in [1.29, 1.82) is 0 Å². The Morgan fingerprint density at radius 3 is 2.71 bits per heavy atom. The lowest BCUT2D eigenvalue weighted by molar-refractivity contribution is 0.711. The highest BCUT2D eigenvalue weighted by Gasteiger charge is 2.17. The van der Waals surface area contributed by atoms with E-state index in [4.69, 9.17) is 4.99 Å². The van der Waals surface area contributed by atoms with E-state index in [1.165, 1.54) is 5.56 Å². The standard InChI is InChI=1S/C18H20N2O/c1-20-17-9-5-8-16(15(17)10-11-18(20)21)19-13-12-14-6-3-2-4-7-14/h2-4,6-7,10-11H,5,8-9,12-13H2,1H3. The summed E-state index contributed by atoms with van der Waals surface area (Å²) >= 11 is 0. The third-order valence-electron chi connectivity index (χ3n) is 4.12. The molecule has 0 amide bonds. The minimum atomic E-state index is 0.0688. The van der Waals surface area contributed by atoms with Gasteiger partial charge in [-0.15, -0.1) is 0 Å². The van der Waals surface area contributed by atoms with E-state index in [1.54, 1.807) is 10.6 Å². The molecular weight excluding hydrogens is 260 g/mol. The summed E-state index contributed by atoms with van der Waals surface area (Å²) in [6, 6.07) is 14.0. The van der Waals surface area contributed by atoms with Crippen LogP contribution in [0.4, 0.5) is 0 Å². The Kier molecular flexibility index (Phi) is 4.00. The first-order valence-electron chi connectivity index (χ1n) is 7.52. The zero-order chi connectivity index (χ0) is 14.7. The van der Waals surface area contributed by atoms with Gasteiger partial charge in [-0.25, -0.2) is 0 Å². The maximum Gasteiger partial charge on any atom is 0.250 e. The maximum atomic E-state index is 11.7. The van der Waals surface area contributed by atoms with E-state index in [0.717, 1.165) is 49.2 Å².